The first-order valence-electron chi connectivity index (χ1n) is 20.4. The number of likely N-dealkylation sites (N-methyl/N-ethyl adjacent to an activating group) is 2. The third-order valence-electron chi connectivity index (χ3n) is 11.1. The molecule has 6 aromatic rings. The van der Waals surface area contributed by atoms with Crippen molar-refractivity contribution >= 4 is 51.9 Å². The van der Waals surface area contributed by atoms with Crippen molar-refractivity contribution in [2.24, 2.45) is 20.0 Å². The number of nitrogens with zero attached hydrogens (tertiary/aromatic N) is 8. The molecule has 10 nitrogen and oxygen atoms in total. The number of hydrogen-bond donors (Lipinski definition) is 2. The van der Waals surface area contributed by atoms with Crippen LogP contribution in [0.3, 0.4) is 0 Å². The van der Waals surface area contributed by atoms with Crippen LogP contribution in [0.15, 0.2) is 201 Å². The zero-order valence-electron chi connectivity index (χ0n) is 35.2. The molecule has 3 heterocycles. The summed E-state index contributed by atoms with van der Waals surface area (Å²) in [5, 5.41) is 6.94. The van der Waals surface area contributed by atoms with Gasteiger partial charge in [-0.25, -0.2) is 14.9 Å². The number of anilines is 5. The standard InChI is InChI=1S/C51H48N10/c1-52-42-31-36(46(34-19-11-7-12-20-34)35-21-13-8-14-22-35)27-29-40(42)47-54-49-44(58(3)4)33-45(59(5)6)50-55-48(57-51(56-47)61(49)50)41-30-28-39(32-43(41)53-2)60(37-23-15-9-16-24-37)38-25-17-10-18-26-38/h7-33,46,52-53H,1-6H3. The maximum absolute atomic E-state index is 5.29. The number of para-hydroxylation sites is 2. The molecule has 0 aromatic heterocycles. The fraction of sp³-hybridized carbons (Fsp3) is 0.137. The monoisotopic (exact) mass is 800 g/mol. The van der Waals surface area contributed by atoms with Gasteiger partial charge in [-0.3, -0.25) is 0 Å². The molecule has 6 aromatic carbocycles. The summed E-state index contributed by atoms with van der Waals surface area (Å²) in [5.41, 5.74) is 12.1. The maximum atomic E-state index is 5.29. The Bertz CT molecular complexity index is 2690. The number of allylic oxidation sites excluding steroid dienone is 1. The van der Waals surface area contributed by atoms with Gasteiger partial charge in [0.15, 0.2) is 23.3 Å². The molecule has 0 spiro atoms. The number of benzene rings is 6. The van der Waals surface area contributed by atoms with E-state index in [1.54, 1.807) is 0 Å². The molecule has 302 valence electrons. The lowest BCUT2D eigenvalue weighted by Crippen LogP contribution is -2.47. The average molecular weight is 801 g/mol. The molecule has 3 aliphatic heterocycles. The zero-order chi connectivity index (χ0) is 42.0. The van der Waals surface area contributed by atoms with E-state index in [1.807, 2.05) is 59.3 Å². The number of rotatable bonds is 12. The molecule has 9 rings (SSSR count). The first-order chi connectivity index (χ1) is 29.8. The van der Waals surface area contributed by atoms with Gasteiger partial charge in [0.1, 0.15) is 0 Å². The predicted octanol–water partition coefficient (Wildman–Crippen LogP) is 9.89. The van der Waals surface area contributed by atoms with Crippen molar-refractivity contribution in [1.29, 1.82) is 0 Å². The first-order valence-corrected chi connectivity index (χ1v) is 20.4. The van der Waals surface area contributed by atoms with Gasteiger partial charge in [-0.15, -0.1) is 0 Å². The van der Waals surface area contributed by atoms with Crippen LogP contribution >= 0.6 is 0 Å². The van der Waals surface area contributed by atoms with Crippen LogP contribution in [-0.4, -0.2) is 80.5 Å². The lowest BCUT2D eigenvalue weighted by atomic mass is 9.84. The van der Waals surface area contributed by atoms with Crippen LogP contribution in [0.25, 0.3) is 0 Å². The Labute approximate surface area is 358 Å². The van der Waals surface area contributed by atoms with E-state index in [4.69, 9.17) is 20.0 Å². The molecular formula is C51H48N10. The lowest BCUT2D eigenvalue weighted by Gasteiger charge is -2.38. The number of hydrogen-bond acceptors (Lipinski definition) is 10. The second kappa shape index (κ2) is 16.5. The van der Waals surface area contributed by atoms with Gasteiger partial charge in [0.25, 0.3) is 0 Å². The van der Waals surface area contributed by atoms with Gasteiger partial charge in [-0.2, -0.15) is 9.98 Å². The fourth-order valence-electron chi connectivity index (χ4n) is 8.14. The molecule has 0 fully saturated rings. The second-order valence-electron chi connectivity index (χ2n) is 15.4. The smallest absolute Gasteiger partial charge is 0.241 e. The SMILES string of the molecule is CNc1cc(N(c2ccccc2)c2ccccc2)ccc1C1=NC2=NC(c3ccc(C(c4ccccc4)c4ccccc4)cc3NC)=NC3=C(N(C)C)C=C(N(C)C)C(=N1)N23. The summed E-state index contributed by atoms with van der Waals surface area (Å²) in [4.78, 5) is 29.5. The van der Waals surface area contributed by atoms with Crippen molar-refractivity contribution < 1.29 is 0 Å². The van der Waals surface area contributed by atoms with Crippen LogP contribution in [0, 0.1) is 0 Å². The van der Waals surface area contributed by atoms with Crippen molar-refractivity contribution in [1.82, 2.24) is 14.7 Å². The number of amidine groups is 3. The molecule has 2 N–H and O–H groups in total. The van der Waals surface area contributed by atoms with Crippen molar-refractivity contribution in [3.63, 3.8) is 0 Å². The van der Waals surface area contributed by atoms with E-state index in [0.29, 0.717) is 29.3 Å². The Morgan fingerprint density at radius 1 is 0.492 bits per heavy atom. The quantitative estimate of drug-likeness (QED) is 0.120. The van der Waals surface area contributed by atoms with Crippen LogP contribution in [0.5, 0.6) is 0 Å². The molecule has 0 radical (unpaired) electrons. The number of guanidine groups is 1. The second-order valence-corrected chi connectivity index (χ2v) is 15.4. The minimum atomic E-state index is 0.0409. The zero-order valence-corrected chi connectivity index (χ0v) is 35.2. The molecule has 0 amide bonds. The van der Waals surface area contributed by atoms with Crippen LogP contribution in [0.4, 0.5) is 28.4 Å². The predicted molar refractivity (Wildman–Crippen MR) is 253 cm³/mol. The van der Waals surface area contributed by atoms with Crippen molar-refractivity contribution in [2.45, 2.75) is 5.92 Å². The van der Waals surface area contributed by atoms with Gasteiger partial charge in [-0.1, -0.05) is 103 Å². The maximum Gasteiger partial charge on any atom is 0.241 e. The van der Waals surface area contributed by atoms with Crippen LogP contribution < -0.4 is 15.5 Å². The van der Waals surface area contributed by atoms with E-state index in [1.165, 1.54) is 11.1 Å². The van der Waals surface area contributed by atoms with Crippen LogP contribution in [-0.2, 0) is 0 Å². The van der Waals surface area contributed by atoms with E-state index < -0.39 is 0 Å². The van der Waals surface area contributed by atoms with Crippen LogP contribution in [0.2, 0.25) is 0 Å². The number of nitrogens with one attached hydrogen (secondary N) is 2. The summed E-state index contributed by atoms with van der Waals surface area (Å²) in [6.07, 6.45) is 2.14. The van der Waals surface area contributed by atoms with E-state index in [2.05, 4.69) is 177 Å². The fourth-order valence-corrected chi connectivity index (χ4v) is 8.14. The summed E-state index contributed by atoms with van der Waals surface area (Å²) in [6.45, 7) is 0. The average Bonchev–Trinajstić information content (AvgIpc) is 3.30. The molecule has 0 bridgehead atoms. The summed E-state index contributed by atoms with van der Waals surface area (Å²) in [6, 6.07) is 55.0. The molecule has 0 aliphatic carbocycles. The third-order valence-corrected chi connectivity index (χ3v) is 11.1. The van der Waals surface area contributed by atoms with Crippen molar-refractivity contribution in [3.05, 3.63) is 209 Å². The molecule has 0 saturated carbocycles. The van der Waals surface area contributed by atoms with Crippen molar-refractivity contribution in [3.8, 4) is 0 Å². The van der Waals surface area contributed by atoms with Gasteiger partial charge in [0.05, 0.1) is 11.4 Å². The lowest BCUT2D eigenvalue weighted by molar-refractivity contribution is 0.471. The van der Waals surface area contributed by atoms with E-state index in [9.17, 15) is 0 Å². The van der Waals surface area contributed by atoms with Crippen LogP contribution in [0.1, 0.15) is 33.7 Å². The molecular weight excluding hydrogens is 753 g/mol. The largest absolute Gasteiger partial charge is 0.388 e. The first kappa shape index (κ1) is 38.8. The molecule has 0 atom stereocenters. The number of aliphatic imine (C=N–C) groups is 4. The Hall–Kier alpha value is -7.72. The van der Waals surface area contributed by atoms with Crippen molar-refractivity contribution in [2.75, 3.05) is 57.8 Å². The van der Waals surface area contributed by atoms with Gasteiger partial charge >= 0.3 is 0 Å². The third kappa shape index (κ3) is 7.33. The highest BCUT2D eigenvalue weighted by atomic mass is 15.4. The highest BCUT2D eigenvalue weighted by Crippen LogP contribution is 2.39. The minimum Gasteiger partial charge on any atom is -0.388 e. The van der Waals surface area contributed by atoms with E-state index in [0.717, 1.165) is 56.5 Å². The normalized spacial score (nSPS) is 14.3. The van der Waals surface area contributed by atoms with E-state index in [-0.39, 0.29) is 5.92 Å². The van der Waals surface area contributed by atoms with Gasteiger partial charge in [0, 0.05) is 87.8 Å². The van der Waals surface area contributed by atoms with E-state index >= 15 is 0 Å². The summed E-state index contributed by atoms with van der Waals surface area (Å²) < 4.78 is 0. The molecule has 61 heavy (non-hydrogen) atoms. The van der Waals surface area contributed by atoms with Gasteiger partial charge < -0.3 is 25.3 Å². The highest BCUT2D eigenvalue weighted by molar-refractivity contribution is 6.27. The van der Waals surface area contributed by atoms with Gasteiger partial charge in [-0.05, 0) is 77.4 Å². The topological polar surface area (TPSA) is 86.5 Å². The Balaban J connectivity index is 1.18. The summed E-state index contributed by atoms with van der Waals surface area (Å²) in [7, 11) is 12.0. The minimum absolute atomic E-state index is 0.0409. The molecule has 3 aliphatic rings. The molecule has 0 unspecified atom stereocenters. The Morgan fingerprint density at radius 2 is 1.02 bits per heavy atom. The molecule has 10 heteroatoms. The Kier molecular flexibility index (Phi) is 10.5. The Morgan fingerprint density at radius 3 is 1.56 bits per heavy atom. The summed E-state index contributed by atoms with van der Waals surface area (Å²) in [5.74, 6) is 3.05. The summed E-state index contributed by atoms with van der Waals surface area (Å²) >= 11 is 0. The molecule has 0 saturated heterocycles. The highest BCUT2D eigenvalue weighted by Gasteiger charge is 2.39. The van der Waals surface area contributed by atoms with Gasteiger partial charge in [0.2, 0.25) is 5.96 Å².